The van der Waals surface area contributed by atoms with Gasteiger partial charge in [0.1, 0.15) is 40.1 Å². The molecule has 39 heavy (non-hydrogen) atoms. The van der Waals surface area contributed by atoms with Crippen molar-refractivity contribution in [3.63, 3.8) is 0 Å². The topological polar surface area (TPSA) is 121 Å². The molecule has 2 atom stereocenters. The van der Waals surface area contributed by atoms with E-state index in [0.29, 0.717) is 0 Å². The van der Waals surface area contributed by atoms with Gasteiger partial charge in [-0.2, -0.15) is 15.2 Å². The number of pyridine rings is 1. The molecule has 1 amide bonds. The van der Waals surface area contributed by atoms with E-state index in [-0.39, 0.29) is 74.3 Å². The minimum Gasteiger partial charge on any atom is -0.467 e. The van der Waals surface area contributed by atoms with Crippen molar-refractivity contribution in [1.82, 2.24) is 19.9 Å². The van der Waals surface area contributed by atoms with E-state index in [1.54, 1.807) is 11.8 Å². The molecular formula is C26H22F3N7O2S. The molecule has 4 aromatic rings. The number of hydrogen-bond acceptors (Lipinski definition) is 9. The highest BCUT2D eigenvalue weighted by atomic mass is 32.1. The predicted molar refractivity (Wildman–Crippen MR) is 142 cm³/mol. The van der Waals surface area contributed by atoms with Crippen LogP contribution >= 0.6 is 11.3 Å². The van der Waals surface area contributed by atoms with Gasteiger partial charge in [-0.1, -0.05) is 6.58 Å². The summed E-state index contributed by atoms with van der Waals surface area (Å²) in [7, 11) is 1.32. The average molecular weight is 554 g/mol. The van der Waals surface area contributed by atoms with Crippen molar-refractivity contribution in [1.29, 1.82) is 5.26 Å². The van der Waals surface area contributed by atoms with Crippen LogP contribution in [-0.4, -0.2) is 64.7 Å². The van der Waals surface area contributed by atoms with Crippen LogP contribution in [0.25, 0.3) is 32.2 Å². The van der Waals surface area contributed by atoms with Gasteiger partial charge in [-0.05, 0) is 25.1 Å². The van der Waals surface area contributed by atoms with Crippen LogP contribution in [0.2, 0.25) is 0 Å². The van der Waals surface area contributed by atoms with E-state index in [1.807, 2.05) is 6.07 Å². The van der Waals surface area contributed by atoms with Gasteiger partial charge in [0.15, 0.2) is 5.82 Å². The first-order valence-corrected chi connectivity index (χ1v) is 12.7. The monoisotopic (exact) mass is 553 g/mol. The lowest BCUT2D eigenvalue weighted by molar-refractivity contribution is -0.125. The van der Waals surface area contributed by atoms with Gasteiger partial charge in [0.2, 0.25) is 5.91 Å². The zero-order valence-electron chi connectivity index (χ0n) is 20.9. The summed E-state index contributed by atoms with van der Waals surface area (Å²) in [5.41, 5.74) is 5.79. The molecule has 0 bridgehead atoms. The number of nitrogens with two attached hydrogens (primary N) is 1. The Bertz CT molecular complexity index is 1690. The van der Waals surface area contributed by atoms with Gasteiger partial charge in [-0.15, -0.1) is 11.3 Å². The van der Waals surface area contributed by atoms with Gasteiger partial charge in [-0.3, -0.25) is 9.78 Å². The Morgan fingerprint density at radius 3 is 2.82 bits per heavy atom. The fraction of sp³-hybridized carbons (Fsp3) is 0.269. The lowest BCUT2D eigenvalue weighted by Gasteiger charge is -2.30. The van der Waals surface area contributed by atoms with Crippen LogP contribution in [0.5, 0.6) is 6.01 Å². The van der Waals surface area contributed by atoms with E-state index >= 15 is 8.78 Å². The lowest BCUT2D eigenvalue weighted by Crippen LogP contribution is -2.43. The molecule has 13 heteroatoms. The summed E-state index contributed by atoms with van der Waals surface area (Å²) in [5.74, 6) is -1.67. The van der Waals surface area contributed by atoms with Gasteiger partial charge in [0, 0.05) is 30.2 Å². The van der Waals surface area contributed by atoms with E-state index in [4.69, 9.17) is 10.5 Å². The number of methoxy groups -OCH3 is 1. The molecule has 0 aliphatic carbocycles. The highest BCUT2D eigenvalue weighted by molar-refractivity contribution is 7.23. The number of carbonyl (C=O) groups excluding carboxylic acids is 1. The Hall–Kier alpha value is -4.44. The average Bonchev–Trinajstić information content (AvgIpc) is 3.49. The Balaban J connectivity index is 1.70. The van der Waals surface area contributed by atoms with Crippen molar-refractivity contribution in [2.75, 3.05) is 37.4 Å². The molecule has 1 aliphatic rings. The second-order valence-electron chi connectivity index (χ2n) is 8.79. The fourth-order valence-corrected chi connectivity index (χ4v) is 5.86. The van der Waals surface area contributed by atoms with Crippen molar-refractivity contribution >= 4 is 49.1 Å². The molecule has 2 unspecified atom stereocenters. The van der Waals surface area contributed by atoms with Crippen molar-refractivity contribution in [2.45, 2.75) is 19.1 Å². The number of fused-ring (bicyclic) bond motifs is 2. The number of anilines is 2. The van der Waals surface area contributed by atoms with Gasteiger partial charge in [-0.25, -0.2) is 13.2 Å². The van der Waals surface area contributed by atoms with Crippen LogP contribution in [0.1, 0.15) is 12.5 Å². The summed E-state index contributed by atoms with van der Waals surface area (Å²) in [6.07, 6.45) is 1.07. The second-order valence-corrected chi connectivity index (χ2v) is 9.84. The van der Waals surface area contributed by atoms with Crippen molar-refractivity contribution < 1.29 is 22.7 Å². The zero-order valence-corrected chi connectivity index (χ0v) is 21.7. The fourth-order valence-electron chi connectivity index (χ4n) is 4.91. The summed E-state index contributed by atoms with van der Waals surface area (Å²) in [6.45, 7) is 5.48. The largest absolute Gasteiger partial charge is 0.467 e. The number of alkyl halides is 1. The van der Waals surface area contributed by atoms with E-state index < -0.39 is 29.8 Å². The van der Waals surface area contributed by atoms with E-state index in [2.05, 4.69) is 21.5 Å². The van der Waals surface area contributed by atoms with Gasteiger partial charge in [0.05, 0.1) is 35.3 Å². The van der Waals surface area contributed by atoms with E-state index in [9.17, 15) is 14.4 Å². The first kappa shape index (κ1) is 26.2. The molecule has 1 aromatic carbocycles. The third-order valence-corrected chi connectivity index (χ3v) is 7.76. The number of carbonyl (C=O) groups is 1. The Labute approximate surface area is 224 Å². The van der Waals surface area contributed by atoms with Crippen molar-refractivity contribution in [3.8, 4) is 23.3 Å². The van der Waals surface area contributed by atoms with Gasteiger partial charge in [0.25, 0.3) is 0 Å². The number of amides is 1. The number of thiophene rings is 1. The first-order chi connectivity index (χ1) is 18.7. The molecule has 9 nitrogen and oxygen atoms in total. The summed E-state index contributed by atoms with van der Waals surface area (Å²) in [6, 6.07) is 3.51. The lowest BCUT2D eigenvalue weighted by atomic mass is 10.0. The molecule has 3 aromatic heterocycles. The molecular weight excluding hydrogens is 531 g/mol. The van der Waals surface area contributed by atoms with Gasteiger partial charge < -0.3 is 20.3 Å². The number of nitriles is 1. The standard InChI is InChI=1S/C26H22F3N7O2S/c1-4-18(37)35-10-16(28)17(11-35)36(5-2)25-14-9-32-21(20(29)22(14)33-26(34-25)38-3)12-6-7-15(27)23-19(12)13(8-30)24(31)39-23/h4,6-7,9,16-17H,1,5,10-11,31H2,2-3H3. The summed E-state index contributed by atoms with van der Waals surface area (Å²) >= 11 is 0.890. The maximum Gasteiger partial charge on any atom is 0.318 e. The number of hydrogen-bond donors (Lipinski definition) is 1. The Morgan fingerprint density at radius 2 is 2.15 bits per heavy atom. The van der Waals surface area contributed by atoms with Gasteiger partial charge >= 0.3 is 6.01 Å². The zero-order chi connectivity index (χ0) is 28.0. The third kappa shape index (κ3) is 4.17. The van der Waals surface area contributed by atoms with Crippen LogP contribution < -0.4 is 15.4 Å². The number of likely N-dealkylation sites (tertiary alicyclic amines) is 1. The normalized spacial score (nSPS) is 17.0. The van der Waals surface area contributed by atoms with Crippen molar-refractivity contribution in [2.24, 2.45) is 0 Å². The smallest absolute Gasteiger partial charge is 0.318 e. The molecule has 5 rings (SSSR count). The summed E-state index contributed by atoms with van der Waals surface area (Å²) in [5, 5.41) is 10.1. The number of rotatable bonds is 6. The number of nitrogens with zero attached hydrogens (tertiary/aromatic N) is 6. The number of ether oxygens (including phenoxy) is 1. The Morgan fingerprint density at radius 1 is 1.38 bits per heavy atom. The maximum atomic E-state index is 16.2. The SMILES string of the molecule is C=CC(=O)N1CC(F)C(N(CC)c2nc(OC)nc3c(F)c(-c4ccc(F)c5sc(N)c(C#N)c45)ncc23)C1. The number of halogens is 3. The van der Waals surface area contributed by atoms with Crippen LogP contribution in [0.4, 0.5) is 24.0 Å². The molecule has 0 spiro atoms. The molecule has 2 N–H and O–H groups in total. The minimum absolute atomic E-state index is 0.0257. The molecule has 0 saturated carbocycles. The number of likely N-dealkylation sites (N-methyl/N-ethyl adjacent to an activating group) is 1. The number of aromatic nitrogens is 3. The van der Waals surface area contributed by atoms with Crippen molar-refractivity contribution in [3.05, 3.63) is 48.2 Å². The molecule has 1 saturated heterocycles. The number of benzene rings is 1. The summed E-state index contributed by atoms with van der Waals surface area (Å²) in [4.78, 5) is 28.0. The third-order valence-electron chi connectivity index (χ3n) is 6.73. The molecule has 1 aliphatic heterocycles. The van der Waals surface area contributed by atoms with Crippen LogP contribution in [-0.2, 0) is 4.79 Å². The minimum atomic E-state index is -1.40. The van der Waals surface area contributed by atoms with Crippen LogP contribution in [0.15, 0.2) is 31.0 Å². The quantitative estimate of drug-likeness (QED) is 0.353. The maximum absolute atomic E-state index is 16.2. The van der Waals surface area contributed by atoms with Crippen LogP contribution in [0, 0.1) is 23.0 Å². The highest BCUT2D eigenvalue weighted by Gasteiger charge is 2.39. The predicted octanol–water partition coefficient (Wildman–Crippen LogP) is 4.21. The molecule has 4 heterocycles. The molecule has 200 valence electrons. The summed E-state index contributed by atoms with van der Waals surface area (Å²) < 4.78 is 51.2. The van der Waals surface area contributed by atoms with E-state index in [1.165, 1.54) is 24.3 Å². The van der Waals surface area contributed by atoms with E-state index in [0.717, 1.165) is 23.5 Å². The van der Waals surface area contributed by atoms with Crippen LogP contribution in [0.3, 0.4) is 0 Å². The Kier molecular flexibility index (Phi) is 6.73. The second kappa shape index (κ2) is 10.0. The molecule has 1 fully saturated rings. The highest BCUT2D eigenvalue weighted by Crippen LogP contribution is 2.42. The first-order valence-electron chi connectivity index (χ1n) is 11.9. The molecule has 0 radical (unpaired) electrons. The number of nitrogen functional groups attached to an aromatic ring is 1.